The number of pyridine rings is 1. The maximum Gasteiger partial charge on any atom is 0.255 e. The van der Waals surface area contributed by atoms with Crippen molar-refractivity contribution in [1.82, 2.24) is 29.9 Å². The van der Waals surface area contributed by atoms with E-state index in [4.69, 9.17) is 0 Å². The fraction of sp³-hybridized carbons (Fsp3) is 0.182. The summed E-state index contributed by atoms with van der Waals surface area (Å²) in [6.45, 7) is 3.97. The third kappa shape index (κ3) is 3.80. The zero-order chi connectivity index (χ0) is 20.2. The Hall–Kier alpha value is -3.74. The molecule has 0 radical (unpaired) electrons. The summed E-state index contributed by atoms with van der Waals surface area (Å²) < 4.78 is 3.52. The van der Waals surface area contributed by atoms with E-state index in [1.807, 2.05) is 68.6 Å². The average molecular weight is 386 g/mol. The summed E-state index contributed by atoms with van der Waals surface area (Å²) in [4.78, 5) is 17.3. The first-order valence-electron chi connectivity index (χ1n) is 9.56. The lowest BCUT2D eigenvalue weighted by Crippen LogP contribution is -2.27. The van der Waals surface area contributed by atoms with Crippen LogP contribution in [0.25, 0.3) is 11.5 Å². The van der Waals surface area contributed by atoms with Gasteiger partial charge in [0.25, 0.3) is 5.91 Å². The Bertz CT molecular complexity index is 1100. The van der Waals surface area contributed by atoms with Gasteiger partial charge < -0.3 is 5.32 Å². The van der Waals surface area contributed by atoms with Crippen LogP contribution < -0.4 is 5.32 Å². The molecule has 1 aromatic carbocycles. The molecule has 3 heterocycles. The standard InChI is InChI=1S/C22H22N6O/c1-3-20-19(15-25-28(20)21-10-4-5-11-23-21)22(29)26-16(2)17-8-6-9-18(14-17)27-13-7-12-24-27/h4-16H,3H2,1-2H3,(H,26,29). The molecule has 146 valence electrons. The Morgan fingerprint density at radius 2 is 2.00 bits per heavy atom. The minimum Gasteiger partial charge on any atom is -0.345 e. The normalized spacial score (nSPS) is 11.9. The van der Waals surface area contributed by atoms with Crippen LogP contribution in [0.3, 0.4) is 0 Å². The highest BCUT2D eigenvalue weighted by molar-refractivity contribution is 5.95. The van der Waals surface area contributed by atoms with E-state index in [1.54, 1.807) is 28.0 Å². The minimum atomic E-state index is -0.166. The number of hydrogen-bond donors (Lipinski definition) is 1. The van der Waals surface area contributed by atoms with Crippen LogP contribution in [0.2, 0.25) is 0 Å². The van der Waals surface area contributed by atoms with Crippen LogP contribution in [0.15, 0.2) is 73.3 Å². The Kier molecular flexibility index (Phi) is 5.20. The van der Waals surface area contributed by atoms with E-state index in [0.29, 0.717) is 17.8 Å². The van der Waals surface area contributed by atoms with Gasteiger partial charge in [-0.3, -0.25) is 4.79 Å². The smallest absolute Gasteiger partial charge is 0.255 e. The number of carbonyl (C=O) groups excluding carboxylic acids is 1. The predicted molar refractivity (Wildman–Crippen MR) is 110 cm³/mol. The highest BCUT2D eigenvalue weighted by atomic mass is 16.1. The predicted octanol–water partition coefficient (Wildman–Crippen LogP) is 3.51. The lowest BCUT2D eigenvalue weighted by atomic mass is 10.1. The quantitative estimate of drug-likeness (QED) is 0.550. The van der Waals surface area contributed by atoms with Gasteiger partial charge in [0.05, 0.1) is 29.2 Å². The second kappa shape index (κ2) is 8.10. The molecule has 0 saturated carbocycles. The van der Waals surface area contributed by atoms with Crippen molar-refractivity contribution in [1.29, 1.82) is 0 Å². The van der Waals surface area contributed by atoms with Crippen molar-refractivity contribution in [2.45, 2.75) is 26.3 Å². The van der Waals surface area contributed by atoms with Gasteiger partial charge in [0.15, 0.2) is 5.82 Å². The van der Waals surface area contributed by atoms with Crippen molar-refractivity contribution in [2.75, 3.05) is 0 Å². The monoisotopic (exact) mass is 386 g/mol. The van der Waals surface area contributed by atoms with Gasteiger partial charge in [-0.2, -0.15) is 10.2 Å². The second-order valence-corrected chi connectivity index (χ2v) is 6.70. The maximum atomic E-state index is 13.0. The molecule has 0 aliphatic rings. The van der Waals surface area contributed by atoms with Crippen molar-refractivity contribution in [3.63, 3.8) is 0 Å². The van der Waals surface area contributed by atoms with E-state index < -0.39 is 0 Å². The highest BCUT2D eigenvalue weighted by Crippen LogP contribution is 2.19. The summed E-state index contributed by atoms with van der Waals surface area (Å²) in [5.41, 5.74) is 3.35. The number of carbonyl (C=O) groups is 1. The number of aromatic nitrogens is 5. The van der Waals surface area contributed by atoms with Crippen LogP contribution >= 0.6 is 0 Å². The lowest BCUT2D eigenvalue weighted by Gasteiger charge is -2.16. The first-order chi connectivity index (χ1) is 14.2. The van der Waals surface area contributed by atoms with Gasteiger partial charge in [-0.1, -0.05) is 25.1 Å². The summed E-state index contributed by atoms with van der Waals surface area (Å²) in [5, 5.41) is 11.7. The highest BCUT2D eigenvalue weighted by Gasteiger charge is 2.19. The molecule has 0 aliphatic carbocycles. The number of rotatable bonds is 6. The van der Waals surface area contributed by atoms with Gasteiger partial charge in [0, 0.05) is 18.6 Å². The Morgan fingerprint density at radius 3 is 2.72 bits per heavy atom. The van der Waals surface area contributed by atoms with E-state index in [2.05, 4.69) is 20.5 Å². The summed E-state index contributed by atoms with van der Waals surface area (Å²) >= 11 is 0. The molecule has 0 fully saturated rings. The fourth-order valence-corrected chi connectivity index (χ4v) is 3.30. The van der Waals surface area contributed by atoms with Gasteiger partial charge in [-0.25, -0.2) is 14.3 Å². The topological polar surface area (TPSA) is 77.6 Å². The lowest BCUT2D eigenvalue weighted by molar-refractivity contribution is 0.0939. The number of nitrogens with zero attached hydrogens (tertiary/aromatic N) is 5. The molecule has 29 heavy (non-hydrogen) atoms. The SMILES string of the molecule is CCc1c(C(=O)NC(C)c2cccc(-n3cccn3)c2)cnn1-c1ccccn1. The summed E-state index contributed by atoms with van der Waals surface area (Å²) in [5.74, 6) is 0.546. The molecule has 1 amide bonds. The molecule has 0 bridgehead atoms. The van der Waals surface area contributed by atoms with E-state index in [1.165, 1.54) is 0 Å². The third-order valence-electron chi connectivity index (χ3n) is 4.80. The molecule has 0 spiro atoms. The molecule has 7 heteroatoms. The van der Waals surface area contributed by atoms with Crippen LogP contribution in [0, 0.1) is 0 Å². The molecule has 0 saturated heterocycles. The minimum absolute atomic E-state index is 0.152. The van der Waals surface area contributed by atoms with Crippen molar-refractivity contribution in [3.8, 4) is 11.5 Å². The Balaban J connectivity index is 1.56. The van der Waals surface area contributed by atoms with Crippen LogP contribution in [0.4, 0.5) is 0 Å². The number of nitrogens with one attached hydrogen (secondary N) is 1. The Morgan fingerprint density at radius 1 is 1.10 bits per heavy atom. The van der Waals surface area contributed by atoms with Crippen LogP contribution in [-0.2, 0) is 6.42 Å². The summed E-state index contributed by atoms with van der Waals surface area (Å²) in [6, 6.07) is 15.3. The number of hydrogen-bond acceptors (Lipinski definition) is 4. The molecule has 1 N–H and O–H groups in total. The zero-order valence-electron chi connectivity index (χ0n) is 16.4. The fourth-order valence-electron chi connectivity index (χ4n) is 3.30. The molecule has 1 atom stereocenters. The van der Waals surface area contributed by atoms with Crippen LogP contribution in [0.1, 0.15) is 41.5 Å². The van der Waals surface area contributed by atoms with E-state index >= 15 is 0 Å². The van der Waals surface area contributed by atoms with Gasteiger partial charge >= 0.3 is 0 Å². The van der Waals surface area contributed by atoms with Gasteiger partial charge in [0.1, 0.15) is 0 Å². The molecular weight excluding hydrogens is 364 g/mol. The average Bonchev–Trinajstić information content (AvgIpc) is 3.44. The molecular formula is C22H22N6O. The third-order valence-corrected chi connectivity index (χ3v) is 4.80. The molecule has 4 rings (SSSR count). The second-order valence-electron chi connectivity index (χ2n) is 6.70. The van der Waals surface area contributed by atoms with Crippen molar-refractivity contribution in [3.05, 3.63) is 90.1 Å². The molecule has 3 aromatic heterocycles. The van der Waals surface area contributed by atoms with Gasteiger partial charge in [0.2, 0.25) is 0 Å². The number of benzene rings is 1. The van der Waals surface area contributed by atoms with Crippen molar-refractivity contribution >= 4 is 5.91 Å². The largest absolute Gasteiger partial charge is 0.345 e. The van der Waals surface area contributed by atoms with Gasteiger partial charge in [-0.15, -0.1) is 0 Å². The van der Waals surface area contributed by atoms with Crippen molar-refractivity contribution < 1.29 is 4.79 Å². The zero-order valence-corrected chi connectivity index (χ0v) is 16.4. The molecule has 4 aromatic rings. The molecule has 7 nitrogen and oxygen atoms in total. The molecule has 0 aliphatic heterocycles. The Labute approximate surface area is 169 Å². The number of amides is 1. The summed E-state index contributed by atoms with van der Waals surface area (Å²) in [7, 11) is 0. The van der Waals surface area contributed by atoms with Crippen LogP contribution in [-0.4, -0.2) is 30.5 Å². The van der Waals surface area contributed by atoms with E-state index in [-0.39, 0.29) is 11.9 Å². The molecule has 1 unspecified atom stereocenters. The first kappa shape index (κ1) is 18.6. The van der Waals surface area contributed by atoms with Crippen molar-refractivity contribution in [2.24, 2.45) is 0 Å². The van der Waals surface area contributed by atoms with E-state index in [0.717, 1.165) is 16.9 Å². The first-order valence-corrected chi connectivity index (χ1v) is 9.56. The van der Waals surface area contributed by atoms with E-state index in [9.17, 15) is 4.79 Å². The van der Waals surface area contributed by atoms with Crippen LogP contribution in [0.5, 0.6) is 0 Å². The van der Waals surface area contributed by atoms with Gasteiger partial charge in [-0.05, 0) is 49.2 Å². The maximum absolute atomic E-state index is 13.0. The summed E-state index contributed by atoms with van der Waals surface area (Å²) in [6.07, 6.45) is 7.62.